The van der Waals surface area contributed by atoms with Gasteiger partial charge in [-0.25, -0.2) is 0 Å². The average Bonchev–Trinajstić information content (AvgIpc) is 3.41. The molecule has 0 bridgehead atoms. The molecule has 0 saturated heterocycles. The Balaban J connectivity index is 4.34. The molecule has 0 heterocycles. The highest BCUT2D eigenvalue weighted by Crippen LogP contribution is 2.17. The Morgan fingerprint density at radius 2 is 0.520 bits per heavy atom. The Morgan fingerprint density at radius 3 is 0.827 bits per heavy atom. The number of rotatable bonds is 60. The second kappa shape index (κ2) is 63.6. The molecule has 1 atom stereocenters. The lowest BCUT2D eigenvalue weighted by Crippen LogP contribution is -2.30. The van der Waals surface area contributed by atoms with E-state index in [1.807, 2.05) is 0 Å². The molecule has 0 fully saturated rings. The summed E-state index contributed by atoms with van der Waals surface area (Å²) < 4.78 is 17.0. The molecule has 0 aromatic carbocycles. The minimum absolute atomic E-state index is 0.0777. The maximum atomic E-state index is 12.9. The number of esters is 3. The van der Waals surface area contributed by atoms with Crippen LogP contribution in [0.2, 0.25) is 0 Å². The van der Waals surface area contributed by atoms with Crippen molar-refractivity contribution in [3.8, 4) is 0 Å². The van der Waals surface area contributed by atoms with Gasteiger partial charge in [0.15, 0.2) is 6.10 Å². The molecule has 436 valence electrons. The summed E-state index contributed by atoms with van der Waals surface area (Å²) in [6, 6.07) is 0. The molecule has 0 aromatic rings. The van der Waals surface area contributed by atoms with Crippen LogP contribution in [0.15, 0.2) is 60.8 Å². The van der Waals surface area contributed by atoms with Crippen LogP contribution in [0.5, 0.6) is 0 Å². The van der Waals surface area contributed by atoms with Crippen LogP contribution in [0.25, 0.3) is 0 Å². The lowest BCUT2D eigenvalue weighted by Gasteiger charge is -2.18. The van der Waals surface area contributed by atoms with Crippen LogP contribution in [0, 0.1) is 0 Å². The monoisotopic (exact) mass is 1050 g/mol. The van der Waals surface area contributed by atoms with E-state index >= 15 is 0 Å². The first kappa shape index (κ1) is 72.1. The third-order valence-electron chi connectivity index (χ3n) is 14.5. The van der Waals surface area contributed by atoms with E-state index in [0.29, 0.717) is 19.3 Å². The highest BCUT2D eigenvalue weighted by Gasteiger charge is 2.19. The van der Waals surface area contributed by atoms with Crippen molar-refractivity contribution in [2.45, 2.75) is 348 Å². The molecule has 0 radical (unpaired) electrons. The normalized spacial score (nSPS) is 12.4. The molecule has 0 rings (SSSR count). The number of unbranched alkanes of at least 4 members (excludes halogenated alkanes) is 39. The Labute approximate surface area is 466 Å². The Kier molecular flexibility index (Phi) is 61.2. The van der Waals surface area contributed by atoms with E-state index in [1.165, 1.54) is 205 Å². The summed E-state index contributed by atoms with van der Waals surface area (Å²) in [7, 11) is 0. The molecule has 6 nitrogen and oxygen atoms in total. The van der Waals surface area contributed by atoms with Gasteiger partial charge >= 0.3 is 17.9 Å². The van der Waals surface area contributed by atoms with Crippen molar-refractivity contribution in [1.29, 1.82) is 0 Å². The third-order valence-corrected chi connectivity index (χ3v) is 14.5. The van der Waals surface area contributed by atoms with Gasteiger partial charge in [-0.05, 0) is 83.5 Å². The standard InChI is InChI=1S/C69H124O6/c1-4-7-10-13-16-19-22-25-28-30-32-34-36-38-41-44-47-50-53-56-59-62-68(71)74-65-66(64-73-67(70)61-58-55-52-49-46-43-40-27-24-21-18-15-12-9-6-3)75-69(72)63-60-57-54-51-48-45-42-39-37-35-33-31-29-26-23-20-17-14-11-8-5-2/h7,10,16,19,25,27-28,32,34,40,66H,4-6,8-9,11-15,17-18,20-24,26,29-31,33,35-39,41-65H2,1-3H3/b10-7-,19-16-,28-25-,34-32-,40-27-. The van der Waals surface area contributed by atoms with E-state index < -0.39 is 6.10 Å². The van der Waals surface area contributed by atoms with Gasteiger partial charge in [-0.1, -0.05) is 300 Å². The molecule has 0 aliphatic carbocycles. The molecule has 75 heavy (non-hydrogen) atoms. The minimum Gasteiger partial charge on any atom is -0.462 e. The van der Waals surface area contributed by atoms with Crippen LogP contribution in [-0.2, 0) is 28.6 Å². The third kappa shape index (κ3) is 61.8. The molecule has 0 aliphatic heterocycles. The van der Waals surface area contributed by atoms with Gasteiger partial charge in [0.25, 0.3) is 0 Å². The maximum absolute atomic E-state index is 12.9. The fraction of sp³-hybridized carbons (Fsp3) is 0.812. The summed E-state index contributed by atoms with van der Waals surface area (Å²) in [4.78, 5) is 38.4. The van der Waals surface area contributed by atoms with Crippen LogP contribution in [0.1, 0.15) is 342 Å². The van der Waals surface area contributed by atoms with Crippen LogP contribution in [0.4, 0.5) is 0 Å². The molecule has 1 unspecified atom stereocenters. The Bertz CT molecular complexity index is 1340. The smallest absolute Gasteiger partial charge is 0.306 e. The highest BCUT2D eigenvalue weighted by atomic mass is 16.6. The minimum atomic E-state index is -0.780. The summed E-state index contributed by atoms with van der Waals surface area (Å²) in [5.74, 6) is -0.872. The largest absolute Gasteiger partial charge is 0.462 e. The quantitative estimate of drug-likeness (QED) is 0.0261. The van der Waals surface area contributed by atoms with E-state index in [4.69, 9.17) is 14.2 Å². The van der Waals surface area contributed by atoms with E-state index in [-0.39, 0.29) is 31.1 Å². The Morgan fingerprint density at radius 1 is 0.280 bits per heavy atom. The lowest BCUT2D eigenvalue weighted by molar-refractivity contribution is -0.167. The highest BCUT2D eigenvalue weighted by molar-refractivity contribution is 5.71. The van der Waals surface area contributed by atoms with Crippen molar-refractivity contribution >= 4 is 17.9 Å². The van der Waals surface area contributed by atoms with Gasteiger partial charge in [0.2, 0.25) is 0 Å². The molecule has 0 aliphatic rings. The van der Waals surface area contributed by atoms with Crippen LogP contribution >= 0.6 is 0 Å². The van der Waals surface area contributed by atoms with Gasteiger partial charge in [-0.3, -0.25) is 14.4 Å². The fourth-order valence-corrected chi connectivity index (χ4v) is 9.61. The number of carbonyl (C=O) groups is 3. The zero-order valence-corrected chi connectivity index (χ0v) is 50.1. The molecule has 0 saturated carbocycles. The molecule has 0 amide bonds. The van der Waals surface area contributed by atoms with Crippen LogP contribution in [0.3, 0.4) is 0 Å². The van der Waals surface area contributed by atoms with Crippen molar-refractivity contribution in [2.24, 2.45) is 0 Å². The van der Waals surface area contributed by atoms with Gasteiger partial charge in [-0.15, -0.1) is 0 Å². The van der Waals surface area contributed by atoms with Gasteiger partial charge in [0.05, 0.1) is 0 Å². The summed E-state index contributed by atoms with van der Waals surface area (Å²) in [6.45, 7) is 6.56. The van der Waals surface area contributed by atoms with Gasteiger partial charge in [0, 0.05) is 19.3 Å². The molecule has 6 heteroatoms. The van der Waals surface area contributed by atoms with Gasteiger partial charge in [0.1, 0.15) is 13.2 Å². The van der Waals surface area contributed by atoms with E-state index in [1.54, 1.807) is 0 Å². The van der Waals surface area contributed by atoms with Crippen molar-refractivity contribution in [2.75, 3.05) is 13.2 Å². The van der Waals surface area contributed by atoms with Crippen LogP contribution < -0.4 is 0 Å². The first-order chi connectivity index (χ1) is 37.0. The van der Waals surface area contributed by atoms with Crippen molar-refractivity contribution in [3.63, 3.8) is 0 Å². The molecular formula is C69H124O6. The van der Waals surface area contributed by atoms with Crippen molar-refractivity contribution < 1.29 is 28.6 Å². The van der Waals surface area contributed by atoms with Gasteiger partial charge < -0.3 is 14.2 Å². The summed E-state index contributed by atoms with van der Waals surface area (Å²) in [5.41, 5.74) is 0. The molecule has 0 spiro atoms. The predicted octanol–water partition coefficient (Wildman–Crippen LogP) is 22.3. The predicted molar refractivity (Wildman–Crippen MR) is 325 cm³/mol. The van der Waals surface area contributed by atoms with E-state index in [9.17, 15) is 14.4 Å². The average molecular weight is 1050 g/mol. The zero-order chi connectivity index (χ0) is 54.3. The molecular weight excluding hydrogens is 925 g/mol. The summed E-state index contributed by atoms with van der Waals surface area (Å²) in [6.07, 6.45) is 80.8. The summed E-state index contributed by atoms with van der Waals surface area (Å²) >= 11 is 0. The molecule has 0 N–H and O–H groups in total. The Hall–Kier alpha value is -2.89. The second-order valence-corrected chi connectivity index (χ2v) is 22.0. The van der Waals surface area contributed by atoms with E-state index in [0.717, 1.165) is 96.3 Å². The number of carbonyl (C=O) groups excluding carboxylic acids is 3. The van der Waals surface area contributed by atoms with Crippen molar-refractivity contribution in [3.05, 3.63) is 60.8 Å². The first-order valence-corrected chi connectivity index (χ1v) is 32.8. The van der Waals surface area contributed by atoms with Crippen molar-refractivity contribution in [1.82, 2.24) is 0 Å². The number of allylic oxidation sites excluding steroid dienone is 10. The lowest BCUT2D eigenvalue weighted by atomic mass is 10.0. The molecule has 0 aromatic heterocycles. The van der Waals surface area contributed by atoms with E-state index in [2.05, 4.69) is 81.5 Å². The fourth-order valence-electron chi connectivity index (χ4n) is 9.61. The first-order valence-electron chi connectivity index (χ1n) is 32.8. The van der Waals surface area contributed by atoms with Gasteiger partial charge in [-0.2, -0.15) is 0 Å². The second-order valence-electron chi connectivity index (χ2n) is 22.0. The number of hydrogen-bond acceptors (Lipinski definition) is 6. The number of hydrogen-bond donors (Lipinski definition) is 0. The number of ether oxygens (including phenoxy) is 3. The summed E-state index contributed by atoms with van der Waals surface area (Å²) in [5, 5.41) is 0. The SMILES string of the molecule is CC/C=C\C/C=C\C/C=C\C/C=C\CCCCCCCCCCC(=O)OCC(COC(=O)CCCCCCC/C=C\CCCCCCCC)OC(=O)CCCCCCCCCCCCCCCCCCCCCCC. The zero-order valence-electron chi connectivity index (χ0n) is 50.1. The topological polar surface area (TPSA) is 78.9 Å². The maximum Gasteiger partial charge on any atom is 0.306 e. The van der Waals surface area contributed by atoms with Crippen LogP contribution in [-0.4, -0.2) is 37.2 Å².